The van der Waals surface area contributed by atoms with Gasteiger partial charge in [0.25, 0.3) is 5.56 Å². The molecule has 0 bridgehead atoms. The van der Waals surface area contributed by atoms with Crippen molar-refractivity contribution in [3.05, 3.63) is 118 Å². The highest BCUT2D eigenvalue weighted by Crippen LogP contribution is 2.33. The van der Waals surface area contributed by atoms with Gasteiger partial charge in [-0.25, -0.2) is 9.78 Å². The fourth-order valence-electron chi connectivity index (χ4n) is 6.42. The Balaban J connectivity index is 1.07. The maximum absolute atomic E-state index is 13.0. The molecule has 4 heterocycles. The van der Waals surface area contributed by atoms with Crippen molar-refractivity contribution >= 4 is 46.2 Å². The van der Waals surface area contributed by atoms with Gasteiger partial charge in [0.2, 0.25) is 5.91 Å². The summed E-state index contributed by atoms with van der Waals surface area (Å²) in [7, 11) is 0. The molecule has 3 aromatic heterocycles. The zero-order valence-electron chi connectivity index (χ0n) is 25.2. The van der Waals surface area contributed by atoms with Crippen molar-refractivity contribution in [2.75, 3.05) is 24.2 Å². The number of benzene rings is 3. The average Bonchev–Trinajstić information content (AvgIpc) is 3.40. The van der Waals surface area contributed by atoms with Gasteiger partial charge in [0.05, 0.1) is 27.6 Å². The predicted octanol–water partition coefficient (Wildman–Crippen LogP) is 6.00. The minimum atomic E-state index is -0.152. The van der Waals surface area contributed by atoms with E-state index in [4.69, 9.17) is 4.98 Å². The van der Waals surface area contributed by atoms with Gasteiger partial charge in [0.1, 0.15) is 0 Å². The lowest BCUT2D eigenvalue weighted by Crippen LogP contribution is -2.36. The molecule has 6 aromatic rings. The van der Waals surface area contributed by atoms with E-state index >= 15 is 0 Å². The van der Waals surface area contributed by atoms with Gasteiger partial charge in [-0.05, 0) is 60.1 Å². The van der Waals surface area contributed by atoms with Gasteiger partial charge in [0, 0.05) is 55.1 Å². The molecule has 1 aliphatic rings. The third-order valence-corrected chi connectivity index (χ3v) is 8.96. The van der Waals surface area contributed by atoms with Gasteiger partial charge in [-0.1, -0.05) is 54.6 Å². The van der Waals surface area contributed by atoms with Crippen LogP contribution in [0.5, 0.6) is 0 Å². The van der Waals surface area contributed by atoms with Crippen LogP contribution >= 0.6 is 12.6 Å². The highest BCUT2D eigenvalue weighted by Gasteiger charge is 2.24. The smallest absolute Gasteiger partial charge is 0.326 e. The Hall–Kier alpha value is -4.93. The van der Waals surface area contributed by atoms with Gasteiger partial charge in [-0.15, -0.1) is 0 Å². The number of nitrogens with one attached hydrogen (secondary N) is 3. The number of imidazole rings is 1. The summed E-state index contributed by atoms with van der Waals surface area (Å²) in [6, 6.07) is 27.9. The maximum Gasteiger partial charge on any atom is 0.326 e. The molecule has 1 aliphatic heterocycles. The summed E-state index contributed by atoms with van der Waals surface area (Å²) in [5, 5.41) is 3.47. The summed E-state index contributed by atoms with van der Waals surface area (Å²) < 4.78 is 1.85. The average molecular weight is 631 g/mol. The van der Waals surface area contributed by atoms with Crippen molar-refractivity contribution < 1.29 is 4.79 Å². The number of piperidine rings is 1. The van der Waals surface area contributed by atoms with Crippen molar-refractivity contribution in [2.45, 2.75) is 31.8 Å². The molecule has 3 N–H and O–H groups in total. The van der Waals surface area contributed by atoms with Crippen LogP contribution in [0.15, 0.2) is 101 Å². The number of carbonyl (C=O) groups is 1. The number of H-pyrrole nitrogens is 2. The largest absolute Gasteiger partial charge is 0.328 e. The lowest BCUT2D eigenvalue weighted by Gasteiger charge is -2.32. The summed E-state index contributed by atoms with van der Waals surface area (Å²) in [5.74, 6) is 0.382. The molecule has 0 aliphatic carbocycles. The number of hydrogen-bond acceptors (Lipinski definition) is 6. The van der Waals surface area contributed by atoms with E-state index in [1.54, 1.807) is 6.20 Å². The lowest BCUT2D eigenvalue weighted by molar-refractivity contribution is -0.115. The zero-order chi connectivity index (χ0) is 31.6. The Bertz CT molecular complexity index is 2150. The van der Waals surface area contributed by atoms with E-state index in [9.17, 15) is 14.4 Å². The SMILES string of the molecule is O=C(CCS)Nc1ccc2[nH]c(=O)n(C3CCN(Cc4ccc(-c5nc6cc[nH]c(=O)c6cc5-c5ccccc5)cc4)CC3)c2c1. The molecule has 46 heavy (non-hydrogen) atoms. The van der Waals surface area contributed by atoms with Crippen LogP contribution in [0, 0.1) is 0 Å². The van der Waals surface area contributed by atoms with Gasteiger partial charge >= 0.3 is 5.69 Å². The van der Waals surface area contributed by atoms with E-state index in [1.165, 1.54) is 5.56 Å². The molecule has 3 aromatic carbocycles. The number of aromatic amines is 2. The van der Waals surface area contributed by atoms with E-state index in [2.05, 4.69) is 57.1 Å². The van der Waals surface area contributed by atoms with E-state index in [1.807, 2.05) is 65.2 Å². The molecule has 0 atom stereocenters. The highest BCUT2D eigenvalue weighted by atomic mass is 32.1. The number of carbonyl (C=O) groups excluding carboxylic acids is 1. The Morgan fingerprint density at radius 3 is 2.48 bits per heavy atom. The van der Waals surface area contributed by atoms with Crippen LogP contribution in [0.2, 0.25) is 0 Å². The van der Waals surface area contributed by atoms with Crippen molar-refractivity contribution in [3.8, 4) is 22.4 Å². The van der Waals surface area contributed by atoms with E-state index in [-0.39, 0.29) is 23.2 Å². The molecule has 1 saturated heterocycles. The Morgan fingerprint density at radius 1 is 0.935 bits per heavy atom. The second-order valence-electron chi connectivity index (χ2n) is 11.7. The third kappa shape index (κ3) is 6.01. The molecule has 0 unspecified atom stereocenters. The molecule has 7 rings (SSSR count). The quantitative estimate of drug-likeness (QED) is 0.154. The Kier molecular flexibility index (Phi) is 8.30. The van der Waals surface area contributed by atoms with Crippen LogP contribution in [0.4, 0.5) is 5.69 Å². The number of pyridine rings is 2. The van der Waals surface area contributed by atoms with Crippen molar-refractivity contribution in [1.82, 2.24) is 24.4 Å². The Labute approximate surface area is 270 Å². The van der Waals surface area contributed by atoms with Crippen LogP contribution in [0.1, 0.15) is 30.9 Å². The lowest BCUT2D eigenvalue weighted by atomic mass is 9.97. The number of rotatable bonds is 8. The molecule has 0 radical (unpaired) electrons. The first-order chi connectivity index (χ1) is 22.5. The number of aromatic nitrogens is 4. The summed E-state index contributed by atoms with van der Waals surface area (Å²) in [5.41, 5.74) is 7.59. The molecule has 0 saturated carbocycles. The number of likely N-dealkylation sites (tertiary alicyclic amines) is 1. The molecule has 10 heteroatoms. The summed E-state index contributed by atoms with van der Waals surface area (Å²) in [6.45, 7) is 2.54. The highest BCUT2D eigenvalue weighted by molar-refractivity contribution is 7.80. The molecule has 9 nitrogen and oxygen atoms in total. The Morgan fingerprint density at radius 2 is 1.72 bits per heavy atom. The van der Waals surface area contributed by atoms with Crippen LogP contribution in [0.25, 0.3) is 44.3 Å². The van der Waals surface area contributed by atoms with E-state index < -0.39 is 0 Å². The molecule has 1 amide bonds. The summed E-state index contributed by atoms with van der Waals surface area (Å²) in [4.78, 5) is 50.7. The van der Waals surface area contributed by atoms with E-state index in [0.29, 0.717) is 28.8 Å². The van der Waals surface area contributed by atoms with Gasteiger partial charge in [0.15, 0.2) is 0 Å². The number of thiol groups is 1. The van der Waals surface area contributed by atoms with Crippen molar-refractivity contribution in [3.63, 3.8) is 0 Å². The minimum Gasteiger partial charge on any atom is -0.328 e. The molecule has 1 fully saturated rings. The molecule has 232 valence electrons. The van der Waals surface area contributed by atoms with Crippen LogP contribution in [-0.4, -0.2) is 49.2 Å². The van der Waals surface area contributed by atoms with Gasteiger partial charge in [-0.2, -0.15) is 12.6 Å². The number of nitrogens with zero attached hydrogens (tertiary/aromatic N) is 3. The zero-order valence-corrected chi connectivity index (χ0v) is 26.1. The maximum atomic E-state index is 13.0. The van der Waals surface area contributed by atoms with Crippen LogP contribution in [-0.2, 0) is 11.3 Å². The fourth-order valence-corrected chi connectivity index (χ4v) is 6.62. The first kappa shape index (κ1) is 29.8. The standard InChI is InChI=1S/C36H34N6O3S/c43-33(15-19-46)38-26-10-11-31-32(20-26)42(36(45)40-31)27-13-17-41(18-14-27)22-23-6-8-25(9-7-23)34-28(24-4-2-1-3-5-24)21-29-30(39-34)12-16-37-35(29)44/h1-12,16,20-21,27,46H,13-15,17-19,22H2,(H,37,44)(H,38,43)(H,40,45). The van der Waals surface area contributed by atoms with Crippen LogP contribution < -0.4 is 16.6 Å². The topological polar surface area (TPSA) is 116 Å². The number of anilines is 1. The van der Waals surface area contributed by atoms with Crippen LogP contribution in [0.3, 0.4) is 0 Å². The normalized spacial score (nSPS) is 14.2. The first-order valence-electron chi connectivity index (χ1n) is 15.5. The predicted molar refractivity (Wildman–Crippen MR) is 186 cm³/mol. The second kappa shape index (κ2) is 12.8. The van der Waals surface area contributed by atoms with E-state index in [0.717, 1.165) is 65.9 Å². The monoisotopic (exact) mass is 630 g/mol. The third-order valence-electron chi connectivity index (χ3n) is 8.73. The first-order valence-corrected chi connectivity index (χ1v) is 16.1. The number of fused-ring (bicyclic) bond motifs is 2. The number of amides is 1. The molecular formula is C36H34N6O3S. The van der Waals surface area contributed by atoms with Crippen molar-refractivity contribution in [1.29, 1.82) is 0 Å². The molecular weight excluding hydrogens is 597 g/mol. The summed E-state index contributed by atoms with van der Waals surface area (Å²) in [6.07, 6.45) is 3.66. The molecule has 0 spiro atoms. The summed E-state index contributed by atoms with van der Waals surface area (Å²) >= 11 is 4.13. The van der Waals surface area contributed by atoms with Gasteiger partial charge < -0.3 is 15.3 Å². The van der Waals surface area contributed by atoms with Gasteiger partial charge in [-0.3, -0.25) is 19.1 Å². The minimum absolute atomic E-state index is 0.0749. The fraction of sp³-hybridized carbons (Fsp3) is 0.222. The number of hydrogen-bond donors (Lipinski definition) is 4. The van der Waals surface area contributed by atoms with Crippen molar-refractivity contribution in [2.24, 2.45) is 0 Å². The second-order valence-corrected chi connectivity index (χ2v) is 12.2.